The summed E-state index contributed by atoms with van der Waals surface area (Å²) < 4.78 is 0. The van der Waals surface area contributed by atoms with Crippen LogP contribution in [0.4, 0.5) is 45.5 Å². The smallest absolute Gasteiger partial charge is 0.252 e. The summed E-state index contributed by atoms with van der Waals surface area (Å²) in [6, 6.07) is 55.6. The first kappa shape index (κ1) is 51.1. The lowest BCUT2D eigenvalue weighted by Crippen LogP contribution is -2.61. The van der Waals surface area contributed by atoms with Crippen LogP contribution in [0.25, 0.3) is 11.1 Å². The number of rotatable bonds is 4. The highest BCUT2D eigenvalue weighted by atomic mass is 15.3. The molecule has 3 nitrogen and oxygen atoms in total. The molecule has 0 amide bonds. The van der Waals surface area contributed by atoms with E-state index in [1.807, 2.05) is 0 Å². The van der Waals surface area contributed by atoms with Gasteiger partial charge in [0.25, 0.3) is 6.71 Å². The Balaban J connectivity index is 1.24. The Morgan fingerprint density at radius 2 is 0.853 bits per heavy atom. The molecule has 1 saturated carbocycles. The van der Waals surface area contributed by atoms with Gasteiger partial charge in [0.05, 0.1) is 11.2 Å². The molecule has 2 unspecified atom stereocenters. The third-order valence-electron chi connectivity index (χ3n) is 18.3. The predicted molar refractivity (Wildman–Crippen MR) is 327 cm³/mol. The van der Waals surface area contributed by atoms with Gasteiger partial charge in [-0.3, -0.25) is 0 Å². The van der Waals surface area contributed by atoms with Gasteiger partial charge in [-0.15, -0.1) is 0 Å². The molecule has 3 aliphatic heterocycles. The average Bonchev–Trinajstić information content (AvgIpc) is 3.64. The monoisotopic (exact) mass is 990 g/mol. The summed E-state index contributed by atoms with van der Waals surface area (Å²) in [4.78, 5) is 8.11. The summed E-state index contributed by atoms with van der Waals surface area (Å²) >= 11 is 0. The molecule has 0 radical (unpaired) electrons. The van der Waals surface area contributed by atoms with Crippen LogP contribution in [0.5, 0.6) is 0 Å². The fourth-order valence-corrected chi connectivity index (χ4v) is 14.1. The standard InChI is InChI=1S/C71H84BN3/c1-64(2,3)46-25-30-51(31-26-46)73-60-42-52(75-58-36-29-48(66(7,8)9)38-54(58)70(18)43-69(16,17)44-71(70,75)19)32-34-56(60)72-55-33-27-49(67(10,11)12)39-59(55)74(62-41-50(68(13,14)15)40-61(73)63(62)72)57-35-28-47(65(4,5)6)37-53(57)45-23-21-20-22-24-45/h20-42H,43-44H2,1-19H3. The van der Waals surface area contributed by atoms with Gasteiger partial charge in [-0.1, -0.05) is 203 Å². The average molecular weight is 990 g/mol. The van der Waals surface area contributed by atoms with E-state index in [2.05, 4.69) is 286 Å². The molecular weight excluding hydrogens is 906 g/mol. The van der Waals surface area contributed by atoms with Gasteiger partial charge in [-0.25, -0.2) is 0 Å². The first-order valence-electron chi connectivity index (χ1n) is 28.1. The number of fused-ring (bicyclic) bond motifs is 7. The Morgan fingerprint density at radius 3 is 1.44 bits per heavy atom. The second-order valence-electron chi connectivity index (χ2n) is 29.6. The van der Waals surface area contributed by atoms with Crippen molar-refractivity contribution in [3.05, 3.63) is 173 Å². The molecule has 1 aliphatic carbocycles. The number of hydrogen-bond acceptors (Lipinski definition) is 3. The Morgan fingerprint density at radius 1 is 0.387 bits per heavy atom. The third-order valence-corrected chi connectivity index (χ3v) is 18.3. The van der Waals surface area contributed by atoms with Gasteiger partial charge in [0.2, 0.25) is 0 Å². The maximum atomic E-state index is 2.79. The zero-order valence-corrected chi connectivity index (χ0v) is 49.1. The minimum Gasteiger partial charge on any atom is -0.334 e. The summed E-state index contributed by atoms with van der Waals surface area (Å²) in [6.07, 6.45) is 2.25. The maximum absolute atomic E-state index is 2.79. The van der Waals surface area contributed by atoms with Gasteiger partial charge in [0, 0.05) is 50.8 Å². The molecule has 75 heavy (non-hydrogen) atoms. The Bertz CT molecular complexity index is 3420. The van der Waals surface area contributed by atoms with Crippen LogP contribution in [0.1, 0.15) is 178 Å². The van der Waals surface area contributed by atoms with E-state index in [0.29, 0.717) is 0 Å². The van der Waals surface area contributed by atoms with E-state index in [1.165, 1.54) is 106 Å². The largest absolute Gasteiger partial charge is 0.334 e. The second-order valence-corrected chi connectivity index (χ2v) is 29.6. The topological polar surface area (TPSA) is 9.72 Å². The van der Waals surface area contributed by atoms with Crippen molar-refractivity contribution in [2.24, 2.45) is 5.41 Å². The van der Waals surface area contributed by atoms with E-state index in [9.17, 15) is 0 Å². The number of hydrogen-bond donors (Lipinski definition) is 0. The minimum atomic E-state index is -0.151. The minimum absolute atomic E-state index is 0.0149. The van der Waals surface area contributed by atoms with Gasteiger partial charge >= 0.3 is 0 Å². The zero-order chi connectivity index (χ0) is 54.0. The van der Waals surface area contributed by atoms with Crippen LogP contribution in [0.15, 0.2) is 140 Å². The molecule has 7 aromatic carbocycles. The van der Waals surface area contributed by atoms with Crippen molar-refractivity contribution in [2.75, 3.05) is 14.7 Å². The maximum Gasteiger partial charge on any atom is 0.252 e. The van der Waals surface area contributed by atoms with E-state index < -0.39 is 0 Å². The van der Waals surface area contributed by atoms with Gasteiger partial charge in [-0.05, 0) is 168 Å². The van der Waals surface area contributed by atoms with E-state index in [0.717, 1.165) is 12.8 Å². The van der Waals surface area contributed by atoms with Crippen molar-refractivity contribution >= 4 is 68.6 Å². The first-order valence-corrected chi connectivity index (χ1v) is 28.1. The lowest BCUT2D eigenvalue weighted by atomic mass is 9.33. The SMILES string of the molecule is CC1(C)CC2(C)c3cc(C(C)(C)C)ccc3N(c3ccc4c(c3)N(c3ccc(C(C)(C)C)cc3)c3cc(C(C)(C)C)cc5c3B4c3ccc(C(C)(C)C)cc3N5c3ccc(C(C)(C)C)cc3-c3ccccc3)C2(C)C1. The molecule has 0 bridgehead atoms. The molecule has 0 spiro atoms. The highest BCUT2D eigenvalue weighted by Gasteiger charge is 2.64. The van der Waals surface area contributed by atoms with Crippen LogP contribution in [0.3, 0.4) is 0 Å². The Labute approximate surface area is 452 Å². The summed E-state index contributed by atoms with van der Waals surface area (Å²) in [5.41, 5.74) is 24.6. The Kier molecular flexibility index (Phi) is 11.3. The molecule has 4 aliphatic rings. The molecule has 11 rings (SSSR count). The lowest BCUT2D eigenvalue weighted by molar-refractivity contribution is 0.330. The Hall–Kier alpha value is -6.00. The van der Waals surface area contributed by atoms with E-state index in [4.69, 9.17) is 0 Å². The second kappa shape index (κ2) is 16.5. The molecule has 386 valence electrons. The number of anilines is 8. The van der Waals surface area contributed by atoms with Crippen LogP contribution in [-0.4, -0.2) is 12.3 Å². The summed E-state index contributed by atoms with van der Waals surface area (Å²) in [5, 5.41) is 0. The van der Waals surface area contributed by atoms with Crippen molar-refractivity contribution in [2.45, 2.75) is 182 Å². The molecule has 3 heterocycles. The molecule has 4 heteroatoms. The van der Waals surface area contributed by atoms with Crippen LogP contribution >= 0.6 is 0 Å². The molecule has 0 aromatic heterocycles. The van der Waals surface area contributed by atoms with Crippen LogP contribution in [0, 0.1) is 5.41 Å². The fraction of sp³-hybridized carbons (Fsp3) is 0.408. The van der Waals surface area contributed by atoms with Crippen molar-refractivity contribution in [3.63, 3.8) is 0 Å². The van der Waals surface area contributed by atoms with E-state index >= 15 is 0 Å². The fourth-order valence-electron chi connectivity index (χ4n) is 14.1. The summed E-state index contributed by atoms with van der Waals surface area (Å²) in [7, 11) is 0. The molecule has 1 fully saturated rings. The molecule has 0 saturated heterocycles. The normalized spacial score (nSPS) is 19.9. The van der Waals surface area contributed by atoms with Gasteiger partial charge in [0.15, 0.2) is 0 Å². The molecule has 2 atom stereocenters. The highest BCUT2D eigenvalue weighted by Crippen LogP contribution is 2.67. The van der Waals surface area contributed by atoms with Crippen molar-refractivity contribution in [1.82, 2.24) is 0 Å². The third kappa shape index (κ3) is 8.12. The number of benzene rings is 7. The van der Waals surface area contributed by atoms with Crippen LogP contribution in [-0.2, 0) is 32.5 Å². The van der Waals surface area contributed by atoms with Gasteiger partial charge in [0.1, 0.15) is 0 Å². The van der Waals surface area contributed by atoms with Crippen molar-refractivity contribution < 1.29 is 0 Å². The summed E-state index contributed by atoms with van der Waals surface area (Å²) in [5.74, 6) is 0. The molecule has 7 aromatic rings. The van der Waals surface area contributed by atoms with Gasteiger partial charge in [-0.2, -0.15) is 0 Å². The van der Waals surface area contributed by atoms with Crippen LogP contribution in [0.2, 0.25) is 0 Å². The first-order chi connectivity index (χ1) is 34.8. The highest BCUT2D eigenvalue weighted by molar-refractivity contribution is 7.00. The van der Waals surface area contributed by atoms with Gasteiger partial charge < -0.3 is 14.7 Å². The van der Waals surface area contributed by atoms with Crippen molar-refractivity contribution in [1.29, 1.82) is 0 Å². The van der Waals surface area contributed by atoms with E-state index in [-0.39, 0.29) is 50.2 Å². The quantitative estimate of drug-likeness (QED) is 0.163. The summed E-state index contributed by atoms with van der Waals surface area (Å²) in [6.45, 7) is 45.4. The van der Waals surface area contributed by atoms with Crippen LogP contribution < -0.4 is 31.1 Å². The van der Waals surface area contributed by atoms with Crippen molar-refractivity contribution in [3.8, 4) is 11.1 Å². The zero-order valence-electron chi connectivity index (χ0n) is 49.1. The predicted octanol–water partition coefficient (Wildman–Crippen LogP) is 17.9. The number of nitrogens with zero attached hydrogens (tertiary/aromatic N) is 3. The van der Waals surface area contributed by atoms with E-state index in [1.54, 1.807) is 0 Å². The lowest BCUT2D eigenvalue weighted by Gasteiger charge is -2.47. The molecular formula is C71H84BN3. The molecule has 0 N–H and O–H groups in total.